The maximum Gasteiger partial charge on any atom is 0.318 e. The molecule has 2 heterocycles. The first kappa shape index (κ1) is 16.3. The van der Waals surface area contributed by atoms with Gasteiger partial charge in [0.2, 0.25) is 0 Å². The number of carbonyl (C=O) groups is 1. The Labute approximate surface area is 143 Å². The molecule has 2 aromatic rings. The summed E-state index contributed by atoms with van der Waals surface area (Å²) in [6, 6.07) is 14.0. The number of anilines is 1. The van der Waals surface area contributed by atoms with Crippen molar-refractivity contribution < 1.29 is 4.79 Å². The number of nitrogens with one attached hydrogen (secondary N) is 1. The van der Waals surface area contributed by atoms with Crippen LogP contribution in [0.5, 0.6) is 0 Å². The minimum absolute atomic E-state index is 0.0502. The second-order valence-electron chi connectivity index (χ2n) is 6.41. The topological polar surface area (TPSA) is 48.5 Å². The van der Waals surface area contributed by atoms with E-state index in [9.17, 15) is 4.79 Å². The molecule has 0 spiro atoms. The number of hydrogen-bond acceptors (Lipinski definition) is 3. The van der Waals surface area contributed by atoms with Gasteiger partial charge in [-0.1, -0.05) is 24.3 Å². The van der Waals surface area contributed by atoms with Crippen LogP contribution in [0.15, 0.2) is 48.7 Å². The number of fused-ring (bicyclic) bond motifs is 1. The summed E-state index contributed by atoms with van der Waals surface area (Å²) in [5.41, 5.74) is 3.23. The summed E-state index contributed by atoms with van der Waals surface area (Å²) in [7, 11) is 2.08. The average molecular weight is 324 g/mol. The largest absolute Gasteiger partial charge is 0.372 e. The van der Waals surface area contributed by atoms with Crippen LogP contribution in [0.3, 0.4) is 0 Å². The number of benzene rings is 1. The van der Waals surface area contributed by atoms with Gasteiger partial charge in [0.25, 0.3) is 0 Å². The van der Waals surface area contributed by atoms with Crippen LogP contribution in [0, 0.1) is 0 Å². The molecule has 3 rings (SSSR count). The molecule has 0 aliphatic carbocycles. The first-order chi connectivity index (χ1) is 11.6. The molecule has 0 fully saturated rings. The average Bonchev–Trinajstić information content (AvgIpc) is 2.72. The molecular formula is C19H24N4O. The first-order valence-electron chi connectivity index (χ1n) is 8.33. The number of aromatic nitrogens is 1. The van der Waals surface area contributed by atoms with Crippen LogP contribution in [0.1, 0.15) is 31.1 Å². The van der Waals surface area contributed by atoms with Gasteiger partial charge in [0.1, 0.15) is 0 Å². The molecule has 1 aliphatic heterocycles. The van der Waals surface area contributed by atoms with Gasteiger partial charge < -0.3 is 15.1 Å². The predicted molar refractivity (Wildman–Crippen MR) is 95.9 cm³/mol. The Morgan fingerprint density at radius 1 is 1.25 bits per heavy atom. The number of pyridine rings is 1. The van der Waals surface area contributed by atoms with Crippen LogP contribution in [-0.2, 0) is 6.54 Å². The summed E-state index contributed by atoms with van der Waals surface area (Å²) in [5.74, 6) is 0. The van der Waals surface area contributed by atoms with E-state index in [1.165, 1.54) is 11.3 Å². The summed E-state index contributed by atoms with van der Waals surface area (Å²) >= 11 is 0. The van der Waals surface area contributed by atoms with Crippen LogP contribution in [0.4, 0.5) is 10.5 Å². The van der Waals surface area contributed by atoms with Gasteiger partial charge in [0.15, 0.2) is 0 Å². The van der Waals surface area contributed by atoms with Gasteiger partial charge >= 0.3 is 6.03 Å². The first-order valence-corrected chi connectivity index (χ1v) is 8.33. The molecule has 1 N–H and O–H groups in total. The standard InChI is InChI=1S/C19H24N4O/c1-14-12-22(3)18-10-5-4-8-16(18)13-23(14)19(24)21-15(2)17-9-6-7-11-20-17/h4-11,14-15H,12-13H2,1-3H3,(H,21,24)/t14-,15+/m1/s1. The normalized spacial score (nSPS) is 18.5. The van der Waals surface area contributed by atoms with Crippen LogP contribution < -0.4 is 10.2 Å². The maximum atomic E-state index is 12.8. The van der Waals surface area contributed by atoms with Crippen molar-refractivity contribution in [3.63, 3.8) is 0 Å². The molecule has 1 aromatic heterocycles. The van der Waals surface area contributed by atoms with E-state index in [0.29, 0.717) is 6.54 Å². The van der Waals surface area contributed by atoms with E-state index in [-0.39, 0.29) is 18.1 Å². The van der Waals surface area contributed by atoms with Gasteiger partial charge in [-0.15, -0.1) is 0 Å². The van der Waals surface area contributed by atoms with E-state index in [1.54, 1.807) is 6.20 Å². The molecule has 5 nitrogen and oxygen atoms in total. The summed E-state index contributed by atoms with van der Waals surface area (Å²) in [6.07, 6.45) is 1.75. The lowest BCUT2D eigenvalue weighted by Crippen LogP contribution is -2.47. The number of rotatable bonds is 2. The zero-order chi connectivity index (χ0) is 17.1. The molecule has 5 heteroatoms. The molecule has 0 bridgehead atoms. The lowest BCUT2D eigenvalue weighted by Gasteiger charge is -2.29. The molecule has 0 saturated heterocycles. The third kappa shape index (κ3) is 3.35. The molecule has 0 unspecified atom stereocenters. The SMILES string of the molecule is C[C@H](NC(=O)N1Cc2ccccc2N(C)C[C@H]1C)c1ccccn1. The van der Waals surface area contributed by atoms with Crippen LogP contribution in [0.25, 0.3) is 0 Å². The molecule has 0 saturated carbocycles. The number of likely N-dealkylation sites (N-methyl/N-ethyl adjacent to an activating group) is 1. The van der Waals surface area contributed by atoms with Gasteiger partial charge in [-0.05, 0) is 37.6 Å². The summed E-state index contributed by atoms with van der Waals surface area (Å²) in [5, 5.41) is 3.08. The minimum Gasteiger partial charge on any atom is -0.372 e. The molecule has 0 radical (unpaired) electrons. The lowest BCUT2D eigenvalue weighted by molar-refractivity contribution is 0.175. The molecule has 126 valence electrons. The highest BCUT2D eigenvalue weighted by molar-refractivity contribution is 5.76. The van der Waals surface area contributed by atoms with Gasteiger partial charge in [0, 0.05) is 38.1 Å². The second-order valence-corrected chi connectivity index (χ2v) is 6.41. The van der Waals surface area contributed by atoms with E-state index < -0.39 is 0 Å². The highest BCUT2D eigenvalue weighted by Crippen LogP contribution is 2.26. The molecule has 2 amide bonds. The molecule has 1 aliphatic rings. The van der Waals surface area contributed by atoms with Crippen molar-refractivity contribution in [1.82, 2.24) is 15.2 Å². The summed E-state index contributed by atoms with van der Waals surface area (Å²) in [4.78, 5) is 21.3. The van der Waals surface area contributed by atoms with Gasteiger partial charge in [0.05, 0.1) is 11.7 Å². The Kier molecular flexibility index (Phi) is 4.69. The highest BCUT2D eigenvalue weighted by atomic mass is 16.2. The monoisotopic (exact) mass is 324 g/mol. The lowest BCUT2D eigenvalue weighted by atomic mass is 10.1. The number of hydrogen-bond donors (Lipinski definition) is 1. The maximum absolute atomic E-state index is 12.8. The molecule has 24 heavy (non-hydrogen) atoms. The van der Waals surface area contributed by atoms with E-state index in [0.717, 1.165) is 12.2 Å². The highest BCUT2D eigenvalue weighted by Gasteiger charge is 2.27. The molecular weight excluding hydrogens is 300 g/mol. The predicted octanol–water partition coefficient (Wildman–Crippen LogP) is 3.19. The number of amides is 2. The van der Waals surface area contributed by atoms with Crippen LogP contribution >= 0.6 is 0 Å². The van der Waals surface area contributed by atoms with E-state index in [4.69, 9.17) is 0 Å². The second kappa shape index (κ2) is 6.91. The fourth-order valence-corrected chi connectivity index (χ4v) is 3.20. The molecule has 2 atom stereocenters. The van der Waals surface area contributed by atoms with E-state index in [2.05, 4.69) is 41.3 Å². The quantitative estimate of drug-likeness (QED) is 0.923. The Bertz CT molecular complexity index is 704. The number of nitrogens with zero attached hydrogens (tertiary/aromatic N) is 3. The van der Waals surface area contributed by atoms with Crippen LogP contribution in [-0.4, -0.2) is 35.5 Å². The number of urea groups is 1. The Morgan fingerprint density at radius 2 is 2.00 bits per heavy atom. The minimum atomic E-state index is -0.123. The third-order valence-electron chi connectivity index (χ3n) is 4.55. The Balaban J connectivity index is 1.77. The fraction of sp³-hybridized carbons (Fsp3) is 0.368. The van der Waals surface area contributed by atoms with Crippen molar-refractivity contribution >= 4 is 11.7 Å². The van der Waals surface area contributed by atoms with Gasteiger partial charge in [-0.3, -0.25) is 4.98 Å². The smallest absolute Gasteiger partial charge is 0.318 e. The van der Waals surface area contributed by atoms with Crippen molar-refractivity contribution in [3.8, 4) is 0 Å². The van der Waals surface area contributed by atoms with Crippen molar-refractivity contribution in [2.45, 2.75) is 32.5 Å². The summed E-state index contributed by atoms with van der Waals surface area (Å²) in [6.45, 7) is 5.47. The van der Waals surface area contributed by atoms with Gasteiger partial charge in [-0.2, -0.15) is 0 Å². The number of carbonyl (C=O) groups excluding carboxylic acids is 1. The Hall–Kier alpha value is -2.56. The molecule has 1 aromatic carbocycles. The van der Waals surface area contributed by atoms with Gasteiger partial charge in [-0.25, -0.2) is 4.79 Å². The van der Waals surface area contributed by atoms with E-state index in [1.807, 2.05) is 42.2 Å². The van der Waals surface area contributed by atoms with Crippen molar-refractivity contribution in [2.24, 2.45) is 0 Å². The Morgan fingerprint density at radius 3 is 2.75 bits per heavy atom. The van der Waals surface area contributed by atoms with Crippen molar-refractivity contribution in [3.05, 3.63) is 59.9 Å². The van der Waals surface area contributed by atoms with Crippen molar-refractivity contribution in [2.75, 3.05) is 18.5 Å². The zero-order valence-electron chi connectivity index (χ0n) is 14.4. The fourth-order valence-electron chi connectivity index (χ4n) is 3.20. The summed E-state index contributed by atoms with van der Waals surface area (Å²) < 4.78 is 0. The zero-order valence-corrected chi connectivity index (χ0v) is 14.4. The van der Waals surface area contributed by atoms with Crippen LogP contribution in [0.2, 0.25) is 0 Å². The van der Waals surface area contributed by atoms with E-state index >= 15 is 0 Å². The number of para-hydroxylation sites is 1. The third-order valence-corrected chi connectivity index (χ3v) is 4.55. The van der Waals surface area contributed by atoms with Crippen molar-refractivity contribution in [1.29, 1.82) is 0 Å².